The van der Waals surface area contributed by atoms with Gasteiger partial charge in [-0.2, -0.15) is 0 Å². The first-order valence-electron chi connectivity index (χ1n) is 8.66. The number of benzene rings is 2. The first-order chi connectivity index (χ1) is 12.1. The third kappa shape index (κ3) is 5.87. The molecule has 25 heavy (non-hydrogen) atoms. The van der Waals surface area contributed by atoms with Gasteiger partial charge in [-0.05, 0) is 42.2 Å². The zero-order valence-electron chi connectivity index (χ0n) is 14.8. The van der Waals surface area contributed by atoms with Crippen molar-refractivity contribution in [2.24, 2.45) is 4.99 Å². The number of nitrogens with zero attached hydrogens (tertiary/aromatic N) is 1. The largest absolute Gasteiger partial charge is 0.387 e. The molecule has 0 heterocycles. The highest BCUT2D eigenvalue weighted by Gasteiger charge is 2.09. The quantitative estimate of drug-likeness (QED) is 0.535. The van der Waals surface area contributed by atoms with Crippen LogP contribution in [0.15, 0.2) is 53.5 Å². The smallest absolute Gasteiger partial charge is 0.191 e. The Labute approximate surface area is 148 Å². The van der Waals surface area contributed by atoms with Crippen molar-refractivity contribution in [2.75, 3.05) is 13.1 Å². The Balaban J connectivity index is 1.98. The molecule has 2 aromatic rings. The maximum absolute atomic E-state index is 13.0. The monoisotopic (exact) mass is 343 g/mol. The van der Waals surface area contributed by atoms with Crippen molar-refractivity contribution < 1.29 is 9.50 Å². The Hall–Kier alpha value is -2.40. The third-order valence-electron chi connectivity index (χ3n) is 3.97. The van der Waals surface area contributed by atoms with Crippen molar-refractivity contribution in [3.8, 4) is 0 Å². The molecule has 0 bridgehead atoms. The number of hydrogen-bond acceptors (Lipinski definition) is 2. The van der Waals surface area contributed by atoms with Crippen molar-refractivity contribution in [2.45, 2.75) is 32.9 Å². The van der Waals surface area contributed by atoms with Crippen molar-refractivity contribution in [1.82, 2.24) is 10.6 Å². The van der Waals surface area contributed by atoms with Gasteiger partial charge >= 0.3 is 0 Å². The standard InChI is InChI=1S/C20H26FN3O/c1-3-15-7-5-6-8-17(15)13-23-20(22-4-2)24-14-19(25)16-9-11-18(21)12-10-16/h5-12,19,25H,3-4,13-14H2,1-2H3,(H2,22,23,24). The highest BCUT2D eigenvalue weighted by molar-refractivity contribution is 5.79. The number of aliphatic imine (C=N–C) groups is 1. The molecule has 0 radical (unpaired) electrons. The fourth-order valence-electron chi connectivity index (χ4n) is 2.56. The van der Waals surface area contributed by atoms with Gasteiger partial charge < -0.3 is 15.7 Å². The molecule has 1 atom stereocenters. The Morgan fingerprint density at radius 2 is 1.72 bits per heavy atom. The number of aliphatic hydroxyl groups is 1. The van der Waals surface area contributed by atoms with E-state index in [2.05, 4.69) is 34.7 Å². The summed E-state index contributed by atoms with van der Waals surface area (Å²) < 4.78 is 13.0. The van der Waals surface area contributed by atoms with Gasteiger partial charge in [0.15, 0.2) is 5.96 Å². The van der Waals surface area contributed by atoms with Crippen LogP contribution in [0.2, 0.25) is 0 Å². The van der Waals surface area contributed by atoms with Crippen LogP contribution in [0.3, 0.4) is 0 Å². The molecule has 134 valence electrons. The van der Waals surface area contributed by atoms with Gasteiger partial charge in [0, 0.05) is 13.1 Å². The van der Waals surface area contributed by atoms with E-state index in [1.165, 1.54) is 23.3 Å². The zero-order valence-corrected chi connectivity index (χ0v) is 14.8. The number of nitrogens with one attached hydrogen (secondary N) is 2. The Morgan fingerprint density at radius 3 is 2.36 bits per heavy atom. The van der Waals surface area contributed by atoms with E-state index < -0.39 is 6.10 Å². The summed E-state index contributed by atoms with van der Waals surface area (Å²) in [6.45, 7) is 5.73. The summed E-state index contributed by atoms with van der Waals surface area (Å²) in [5.74, 6) is 0.336. The second-order valence-electron chi connectivity index (χ2n) is 5.77. The normalized spacial score (nSPS) is 12.7. The molecule has 0 saturated carbocycles. The first-order valence-corrected chi connectivity index (χ1v) is 8.66. The van der Waals surface area contributed by atoms with Gasteiger partial charge in [0.1, 0.15) is 5.82 Å². The fourth-order valence-corrected chi connectivity index (χ4v) is 2.56. The van der Waals surface area contributed by atoms with Gasteiger partial charge in [-0.3, -0.25) is 0 Å². The predicted molar refractivity (Wildman–Crippen MR) is 100.0 cm³/mol. The molecule has 0 aromatic heterocycles. The minimum Gasteiger partial charge on any atom is -0.387 e. The molecular formula is C20H26FN3O. The lowest BCUT2D eigenvalue weighted by atomic mass is 10.1. The summed E-state index contributed by atoms with van der Waals surface area (Å²) in [5.41, 5.74) is 3.15. The van der Waals surface area contributed by atoms with Gasteiger partial charge in [0.05, 0.1) is 12.6 Å². The molecule has 1 unspecified atom stereocenters. The van der Waals surface area contributed by atoms with E-state index in [0.717, 1.165) is 13.0 Å². The minimum absolute atomic E-state index is 0.299. The third-order valence-corrected chi connectivity index (χ3v) is 3.97. The van der Waals surface area contributed by atoms with Crippen LogP contribution in [-0.2, 0) is 13.0 Å². The van der Waals surface area contributed by atoms with Crippen LogP contribution in [0, 0.1) is 5.82 Å². The van der Waals surface area contributed by atoms with Crippen LogP contribution in [0.4, 0.5) is 4.39 Å². The molecule has 0 fully saturated rings. The second kappa shape index (κ2) is 9.79. The van der Waals surface area contributed by atoms with Gasteiger partial charge in [-0.1, -0.05) is 43.3 Å². The maximum atomic E-state index is 13.0. The van der Waals surface area contributed by atoms with Crippen LogP contribution in [0.25, 0.3) is 0 Å². The first kappa shape index (κ1) is 18.9. The number of guanidine groups is 1. The topological polar surface area (TPSA) is 56.7 Å². The van der Waals surface area contributed by atoms with Crippen LogP contribution < -0.4 is 10.6 Å². The molecule has 2 aromatic carbocycles. The van der Waals surface area contributed by atoms with Gasteiger partial charge in [-0.15, -0.1) is 0 Å². The van der Waals surface area contributed by atoms with Gasteiger partial charge in [0.2, 0.25) is 0 Å². The zero-order chi connectivity index (χ0) is 18.1. The van der Waals surface area contributed by atoms with E-state index in [0.29, 0.717) is 24.6 Å². The SMILES string of the molecule is CCNC(=NCc1ccccc1CC)NCC(O)c1ccc(F)cc1. The minimum atomic E-state index is -0.729. The van der Waals surface area contributed by atoms with Crippen LogP contribution >= 0.6 is 0 Å². The number of aryl methyl sites for hydroxylation is 1. The molecule has 0 aliphatic heterocycles. The van der Waals surface area contributed by atoms with Gasteiger partial charge in [-0.25, -0.2) is 9.38 Å². The second-order valence-corrected chi connectivity index (χ2v) is 5.77. The molecule has 3 N–H and O–H groups in total. The summed E-state index contributed by atoms with van der Waals surface area (Å²) in [6, 6.07) is 14.1. The van der Waals surface area contributed by atoms with Crippen molar-refractivity contribution in [1.29, 1.82) is 0 Å². The van der Waals surface area contributed by atoms with Crippen LogP contribution in [-0.4, -0.2) is 24.2 Å². The van der Waals surface area contributed by atoms with Crippen molar-refractivity contribution in [3.63, 3.8) is 0 Å². The maximum Gasteiger partial charge on any atom is 0.191 e. The van der Waals surface area contributed by atoms with E-state index in [1.807, 2.05) is 19.1 Å². The van der Waals surface area contributed by atoms with E-state index in [9.17, 15) is 9.50 Å². The summed E-state index contributed by atoms with van der Waals surface area (Å²) in [5, 5.41) is 16.5. The number of halogens is 1. The molecule has 5 heteroatoms. The fraction of sp³-hybridized carbons (Fsp3) is 0.350. The van der Waals surface area contributed by atoms with E-state index in [4.69, 9.17) is 0 Å². The van der Waals surface area contributed by atoms with Gasteiger partial charge in [0.25, 0.3) is 0 Å². The lowest BCUT2D eigenvalue weighted by Gasteiger charge is -2.16. The van der Waals surface area contributed by atoms with E-state index in [1.54, 1.807) is 12.1 Å². The van der Waals surface area contributed by atoms with Crippen LogP contribution in [0.1, 0.15) is 36.6 Å². The Kier molecular flexibility index (Phi) is 7.41. The van der Waals surface area contributed by atoms with Crippen LogP contribution in [0.5, 0.6) is 0 Å². The number of rotatable bonds is 7. The Morgan fingerprint density at radius 1 is 1.04 bits per heavy atom. The highest BCUT2D eigenvalue weighted by Crippen LogP contribution is 2.13. The van der Waals surface area contributed by atoms with E-state index in [-0.39, 0.29) is 5.82 Å². The van der Waals surface area contributed by atoms with E-state index >= 15 is 0 Å². The Bertz CT molecular complexity index is 686. The average Bonchev–Trinajstić information content (AvgIpc) is 2.64. The molecule has 0 saturated heterocycles. The molecule has 0 amide bonds. The molecular weight excluding hydrogens is 317 g/mol. The molecule has 2 rings (SSSR count). The molecule has 0 aliphatic carbocycles. The summed E-state index contributed by atoms with van der Waals surface area (Å²) in [4.78, 5) is 4.60. The number of aliphatic hydroxyl groups excluding tert-OH is 1. The summed E-state index contributed by atoms with van der Waals surface area (Å²) >= 11 is 0. The highest BCUT2D eigenvalue weighted by atomic mass is 19.1. The molecule has 0 aliphatic rings. The lowest BCUT2D eigenvalue weighted by molar-refractivity contribution is 0.180. The molecule has 0 spiro atoms. The molecule has 4 nitrogen and oxygen atoms in total. The van der Waals surface area contributed by atoms with Crippen molar-refractivity contribution >= 4 is 5.96 Å². The summed E-state index contributed by atoms with van der Waals surface area (Å²) in [7, 11) is 0. The summed E-state index contributed by atoms with van der Waals surface area (Å²) in [6.07, 6.45) is 0.242. The van der Waals surface area contributed by atoms with Crippen molar-refractivity contribution in [3.05, 3.63) is 71.0 Å². The lowest BCUT2D eigenvalue weighted by Crippen LogP contribution is -2.39. The predicted octanol–water partition coefficient (Wildman–Crippen LogP) is 3.18. The average molecular weight is 343 g/mol. The number of hydrogen-bond donors (Lipinski definition) is 3.